The van der Waals surface area contributed by atoms with E-state index in [1.165, 1.54) is 33.4 Å². The van der Waals surface area contributed by atoms with Crippen LogP contribution in [0.15, 0.2) is 85.7 Å². The summed E-state index contributed by atoms with van der Waals surface area (Å²) in [5.74, 6) is 0. The van der Waals surface area contributed by atoms with Crippen molar-refractivity contribution in [2.45, 2.75) is 146 Å². The average molecular weight is 889 g/mol. The third kappa shape index (κ3) is 43.4. The summed E-state index contributed by atoms with van der Waals surface area (Å²) in [7, 11) is 0. The van der Waals surface area contributed by atoms with Crippen LogP contribution in [-0.4, -0.2) is 19.9 Å². The Labute approximate surface area is 325 Å². The zero-order valence-electron chi connectivity index (χ0n) is 34.4. The number of pyridine rings is 4. The molecule has 48 heavy (non-hydrogen) atoms. The average Bonchev–Trinajstić information content (AvgIpc) is 3.12. The third-order valence-electron chi connectivity index (χ3n) is 5.48. The predicted molar refractivity (Wildman–Crippen MR) is 219 cm³/mol. The van der Waals surface area contributed by atoms with E-state index in [0.717, 1.165) is 11.4 Å². The fourth-order valence-electron chi connectivity index (χ4n) is 2.22. The molecule has 4 aromatic heterocycles. The molecule has 0 aliphatic heterocycles. The smallest absolute Gasteiger partial charge is 0.0401 e. The molecule has 274 valence electrons. The van der Waals surface area contributed by atoms with Crippen molar-refractivity contribution in [1.29, 1.82) is 0 Å². The predicted octanol–water partition coefficient (Wildman–Crippen LogP) is 14.1. The molecule has 4 rings (SSSR count). The fourth-order valence-corrected chi connectivity index (χ4v) is 2.22. The Morgan fingerprint density at radius 3 is 0.792 bits per heavy atom. The van der Waals surface area contributed by atoms with Gasteiger partial charge in [-0.3, -0.25) is 19.9 Å². The van der Waals surface area contributed by atoms with Crippen LogP contribution in [0.3, 0.4) is 0 Å². The van der Waals surface area contributed by atoms with Crippen LogP contribution in [0.1, 0.15) is 135 Å². The van der Waals surface area contributed by atoms with E-state index in [1.807, 2.05) is 171 Å². The molecule has 0 spiro atoms. The van der Waals surface area contributed by atoms with E-state index < -0.39 is 0 Å². The number of hydrogen-bond acceptors (Lipinski definition) is 4. The van der Waals surface area contributed by atoms with Crippen molar-refractivity contribution < 1.29 is 31.1 Å². The van der Waals surface area contributed by atoms with E-state index in [9.17, 15) is 0 Å². The minimum Gasteiger partial charge on any atom is -0.264 e. The molecular weight excluding hydrogens is 811 g/mol. The zero-order chi connectivity index (χ0) is 37.3. The summed E-state index contributed by atoms with van der Waals surface area (Å²) >= 11 is 0. The molecule has 0 N–H and O–H groups in total. The van der Waals surface area contributed by atoms with E-state index in [4.69, 9.17) is 0 Å². The number of nitrogens with zero attached hydrogens (tertiary/aromatic N) is 4. The summed E-state index contributed by atoms with van der Waals surface area (Å²) in [5, 5.41) is 0. The first-order chi connectivity index (χ1) is 22.1. The maximum atomic E-state index is 4.08. The number of allylic oxidation sites excluding steroid dienone is 2. The molecule has 0 saturated heterocycles. The molecule has 0 aliphatic rings. The second-order valence-corrected chi connectivity index (χ2v) is 8.40. The zero-order valence-corrected chi connectivity index (χ0v) is 38.5. The summed E-state index contributed by atoms with van der Waals surface area (Å²) < 4.78 is 0. The molecule has 0 radical (unpaired) electrons. The van der Waals surface area contributed by atoms with E-state index in [0.29, 0.717) is 0 Å². The topological polar surface area (TPSA) is 51.6 Å². The quantitative estimate of drug-likeness (QED) is 0.165. The minimum atomic E-state index is 0. The maximum absolute atomic E-state index is 4.08. The van der Waals surface area contributed by atoms with Gasteiger partial charge in [0.1, 0.15) is 0 Å². The third-order valence-corrected chi connectivity index (χ3v) is 5.48. The molecule has 0 atom stereocenters. The van der Waals surface area contributed by atoms with Crippen LogP contribution in [-0.2, 0) is 0 Å². The molecule has 4 aromatic rings. The molecule has 4 nitrogen and oxygen atoms in total. The van der Waals surface area contributed by atoms with E-state index >= 15 is 0 Å². The SMILES string of the molecule is C.C/C=C\C.CC.CC.CC.CC.CC.Cc1cccnc1C.Cc1cccnc1C.Cc1ccncc1C.Cc1ccncc1C.[U]. The van der Waals surface area contributed by atoms with Crippen molar-refractivity contribution in [3.8, 4) is 0 Å². The van der Waals surface area contributed by atoms with Crippen molar-refractivity contribution in [1.82, 2.24) is 19.9 Å². The summed E-state index contributed by atoms with van der Waals surface area (Å²) in [6, 6.07) is 12.0. The van der Waals surface area contributed by atoms with Crippen molar-refractivity contribution in [2.24, 2.45) is 0 Å². The van der Waals surface area contributed by atoms with Crippen molar-refractivity contribution in [3.63, 3.8) is 0 Å². The number of hydrogen-bond donors (Lipinski definition) is 0. The molecule has 0 aliphatic carbocycles. The largest absolute Gasteiger partial charge is 0.264 e. The first-order valence-corrected chi connectivity index (χ1v) is 17.2. The molecule has 5 heteroatoms. The Kier molecular flexibility index (Phi) is 71.8. The van der Waals surface area contributed by atoms with Crippen LogP contribution >= 0.6 is 0 Å². The van der Waals surface area contributed by atoms with Gasteiger partial charge in [0.05, 0.1) is 0 Å². The fraction of sp³-hybridized carbons (Fsp3) is 0.488. The molecule has 0 bridgehead atoms. The van der Waals surface area contributed by atoms with Gasteiger partial charge in [0.15, 0.2) is 0 Å². The summed E-state index contributed by atoms with van der Waals surface area (Å²) in [6.45, 7) is 40.4. The normalized spacial score (nSPS) is 7.58. The van der Waals surface area contributed by atoms with Crippen molar-refractivity contribution in [2.75, 3.05) is 0 Å². The molecule has 0 unspecified atom stereocenters. The van der Waals surface area contributed by atoms with Gasteiger partial charge in [-0.1, -0.05) is 101 Å². The van der Waals surface area contributed by atoms with Gasteiger partial charge in [-0.25, -0.2) is 0 Å². The van der Waals surface area contributed by atoms with Gasteiger partial charge in [-0.15, -0.1) is 0 Å². The van der Waals surface area contributed by atoms with Gasteiger partial charge in [0, 0.05) is 79.7 Å². The summed E-state index contributed by atoms with van der Waals surface area (Å²) in [4.78, 5) is 16.0. The van der Waals surface area contributed by atoms with Gasteiger partial charge in [-0.05, 0) is 127 Å². The standard InChI is InChI=1S/4C7H9N.C4H8.5C2H6.CH4.U/c2*1-6-3-4-8-5-7(6)2;2*1-6-4-3-5-8-7(6)2;1-3-4-2;5*1-2;;/h4*3-5H,1-2H3;3-4H,1-2H3;5*1-2H3;1H4;/b;;;;4-3-;;;;;;;. The van der Waals surface area contributed by atoms with E-state index in [1.54, 1.807) is 0 Å². The second-order valence-electron chi connectivity index (χ2n) is 8.40. The van der Waals surface area contributed by atoms with Crippen LogP contribution in [0.25, 0.3) is 0 Å². The molecule has 0 fully saturated rings. The second kappa shape index (κ2) is 53.9. The van der Waals surface area contributed by atoms with E-state index in [2.05, 4.69) is 73.6 Å². The molecular formula is C43H78N4U. The van der Waals surface area contributed by atoms with Gasteiger partial charge in [0.2, 0.25) is 0 Å². The Bertz CT molecular complexity index is 897. The Morgan fingerprint density at radius 1 is 0.396 bits per heavy atom. The molecule has 4 heterocycles. The molecule has 0 amide bonds. The Balaban J connectivity index is -0.0000000651. The van der Waals surface area contributed by atoms with Crippen LogP contribution in [0.5, 0.6) is 0 Å². The summed E-state index contributed by atoms with van der Waals surface area (Å²) in [6.07, 6.45) is 15.0. The van der Waals surface area contributed by atoms with Crippen LogP contribution in [0.2, 0.25) is 0 Å². The van der Waals surface area contributed by atoms with Gasteiger partial charge < -0.3 is 0 Å². The molecule has 0 saturated carbocycles. The monoisotopic (exact) mass is 889 g/mol. The van der Waals surface area contributed by atoms with Gasteiger partial charge in [0.25, 0.3) is 0 Å². The maximum Gasteiger partial charge on any atom is 0.0401 e. The van der Waals surface area contributed by atoms with Gasteiger partial charge in [-0.2, -0.15) is 0 Å². The number of aromatic nitrogens is 4. The number of aryl methyl sites for hydroxylation is 8. The first kappa shape index (κ1) is 64.0. The Hall–Kier alpha value is -2.61. The van der Waals surface area contributed by atoms with Gasteiger partial charge >= 0.3 is 0 Å². The minimum absolute atomic E-state index is 0. The Morgan fingerprint density at radius 2 is 0.667 bits per heavy atom. The summed E-state index contributed by atoms with van der Waals surface area (Å²) in [5.41, 5.74) is 9.88. The van der Waals surface area contributed by atoms with Crippen molar-refractivity contribution in [3.05, 3.63) is 130 Å². The van der Waals surface area contributed by atoms with Crippen LogP contribution in [0.4, 0.5) is 0 Å². The van der Waals surface area contributed by atoms with E-state index in [-0.39, 0.29) is 38.5 Å². The van der Waals surface area contributed by atoms with Crippen LogP contribution in [0, 0.1) is 86.5 Å². The first-order valence-electron chi connectivity index (χ1n) is 17.2. The molecule has 0 aromatic carbocycles. The van der Waals surface area contributed by atoms with Crippen LogP contribution < -0.4 is 0 Å². The van der Waals surface area contributed by atoms with Crippen molar-refractivity contribution >= 4 is 0 Å². The number of rotatable bonds is 0.